The van der Waals surface area contributed by atoms with E-state index < -0.39 is 0 Å². The molecule has 1 heterocycles. The monoisotopic (exact) mass is 304 g/mol. The third-order valence-corrected chi connectivity index (χ3v) is 3.83. The van der Waals surface area contributed by atoms with Crippen LogP contribution in [-0.4, -0.2) is 24.5 Å². The van der Waals surface area contributed by atoms with Crippen molar-refractivity contribution in [3.05, 3.63) is 29.8 Å². The Bertz CT molecular complexity index is 507. The quantitative estimate of drug-likeness (QED) is 0.849. The van der Waals surface area contributed by atoms with Gasteiger partial charge in [0.25, 0.3) is 0 Å². The molecule has 120 valence electrons. The Hall–Kier alpha value is -1.88. The van der Waals surface area contributed by atoms with Gasteiger partial charge in [0.1, 0.15) is 0 Å². The first-order valence-electron chi connectivity index (χ1n) is 7.89. The van der Waals surface area contributed by atoms with E-state index in [4.69, 9.17) is 4.74 Å². The number of hydrogen-bond donors (Lipinski definition) is 2. The molecule has 1 aliphatic rings. The van der Waals surface area contributed by atoms with Crippen LogP contribution < -0.4 is 10.6 Å². The standard InChI is InChI=1S/C17H24N2O3/c1-3-16(20)19-14-8-6-13(7-9-14)12(2)18-17(21)11-15-5-4-10-22-15/h6-9,12,15H,3-5,10-11H2,1-2H3,(H,18,21)(H,19,20)/t12-,15-/m0/s1. The fourth-order valence-corrected chi connectivity index (χ4v) is 2.50. The number of carbonyl (C=O) groups excluding carboxylic acids is 2. The van der Waals surface area contributed by atoms with Gasteiger partial charge >= 0.3 is 0 Å². The van der Waals surface area contributed by atoms with E-state index in [0.717, 1.165) is 30.7 Å². The molecule has 0 aliphatic carbocycles. The summed E-state index contributed by atoms with van der Waals surface area (Å²) in [7, 11) is 0. The van der Waals surface area contributed by atoms with Gasteiger partial charge in [0.2, 0.25) is 11.8 Å². The maximum absolute atomic E-state index is 12.0. The van der Waals surface area contributed by atoms with Crippen molar-refractivity contribution in [2.45, 2.75) is 51.7 Å². The maximum atomic E-state index is 12.0. The Morgan fingerprint density at radius 2 is 2.00 bits per heavy atom. The molecule has 0 radical (unpaired) electrons. The summed E-state index contributed by atoms with van der Waals surface area (Å²) in [6.45, 7) is 4.53. The summed E-state index contributed by atoms with van der Waals surface area (Å²) >= 11 is 0. The first-order valence-corrected chi connectivity index (χ1v) is 7.89. The molecule has 0 spiro atoms. The summed E-state index contributed by atoms with van der Waals surface area (Å²) in [5.74, 6) is 0.00780. The number of benzene rings is 1. The summed E-state index contributed by atoms with van der Waals surface area (Å²) in [6.07, 6.45) is 2.96. The zero-order chi connectivity index (χ0) is 15.9. The highest BCUT2D eigenvalue weighted by Gasteiger charge is 2.20. The minimum Gasteiger partial charge on any atom is -0.378 e. The van der Waals surface area contributed by atoms with Gasteiger partial charge in [-0.15, -0.1) is 0 Å². The molecule has 0 aromatic heterocycles. The number of ether oxygens (including phenoxy) is 1. The van der Waals surface area contributed by atoms with E-state index >= 15 is 0 Å². The van der Waals surface area contributed by atoms with Crippen molar-refractivity contribution >= 4 is 17.5 Å². The molecule has 1 fully saturated rings. The normalized spacial score (nSPS) is 18.7. The number of anilines is 1. The van der Waals surface area contributed by atoms with Gasteiger partial charge in [-0.05, 0) is 37.5 Å². The van der Waals surface area contributed by atoms with Crippen LogP contribution in [0.4, 0.5) is 5.69 Å². The molecule has 2 amide bonds. The average Bonchev–Trinajstić information content (AvgIpc) is 3.00. The van der Waals surface area contributed by atoms with Crippen molar-refractivity contribution in [3.8, 4) is 0 Å². The van der Waals surface area contributed by atoms with Gasteiger partial charge in [-0.1, -0.05) is 19.1 Å². The lowest BCUT2D eigenvalue weighted by atomic mass is 10.1. The van der Waals surface area contributed by atoms with E-state index in [2.05, 4.69) is 10.6 Å². The maximum Gasteiger partial charge on any atom is 0.224 e. The van der Waals surface area contributed by atoms with E-state index in [-0.39, 0.29) is 24.0 Å². The van der Waals surface area contributed by atoms with Crippen molar-refractivity contribution in [2.24, 2.45) is 0 Å². The number of carbonyl (C=O) groups is 2. The third kappa shape index (κ3) is 4.84. The van der Waals surface area contributed by atoms with E-state index in [1.807, 2.05) is 38.1 Å². The number of amides is 2. The van der Waals surface area contributed by atoms with Gasteiger partial charge in [0, 0.05) is 18.7 Å². The second-order valence-electron chi connectivity index (χ2n) is 5.65. The van der Waals surface area contributed by atoms with Gasteiger partial charge in [-0.25, -0.2) is 0 Å². The van der Waals surface area contributed by atoms with Crippen LogP contribution in [-0.2, 0) is 14.3 Å². The Balaban J connectivity index is 1.84. The van der Waals surface area contributed by atoms with Crippen molar-refractivity contribution in [2.75, 3.05) is 11.9 Å². The van der Waals surface area contributed by atoms with Gasteiger partial charge in [0.15, 0.2) is 0 Å². The van der Waals surface area contributed by atoms with Gasteiger partial charge in [0.05, 0.1) is 18.6 Å². The molecule has 5 nitrogen and oxygen atoms in total. The summed E-state index contributed by atoms with van der Waals surface area (Å²) < 4.78 is 5.47. The van der Waals surface area contributed by atoms with Crippen molar-refractivity contribution < 1.29 is 14.3 Å². The summed E-state index contributed by atoms with van der Waals surface area (Å²) in [5, 5.41) is 5.79. The van der Waals surface area contributed by atoms with Crippen LogP contribution >= 0.6 is 0 Å². The fourth-order valence-electron chi connectivity index (χ4n) is 2.50. The van der Waals surface area contributed by atoms with Crippen LogP contribution in [0.2, 0.25) is 0 Å². The highest BCUT2D eigenvalue weighted by Crippen LogP contribution is 2.18. The molecule has 0 bridgehead atoms. The van der Waals surface area contributed by atoms with Gasteiger partial charge in [-0.2, -0.15) is 0 Å². The van der Waals surface area contributed by atoms with E-state index in [0.29, 0.717) is 12.8 Å². The zero-order valence-corrected chi connectivity index (χ0v) is 13.2. The van der Waals surface area contributed by atoms with Crippen LogP contribution in [0.5, 0.6) is 0 Å². The van der Waals surface area contributed by atoms with Crippen LogP contribution in [0.15, 0.2) is 24.3 Å². The Morgan fingerprint density at radius 3 is 2.59 bits per heavy atom. The predicted octanol–water partition coefficient (Wildman–Crippen LogP) is 2.78. The predicted molar refractivity (Wildman–Crippen MR) is 85.5 cm³/mol. The summed E-state index contributed by atoms with van der Waals surface area (Å²) in [6, 6.07) is 7.48. The lowest BCUT2D eigenvalue weighted by Gasteiger charge is -2.16. The molecule has 22 heavy (non-hydrogen) atoms. The number of rotatable bonds is 6. The van der Waals surface area contributed by atoms with Gasteiger partial charge in [-0.3, -0.25) is 9.59 Å². The second kappa shape index (κ2) is 7.94. The first-order chi connectivity index (χ1) is 10.6. The largest absolute Gasteiger partial charge is 0.378 e. The van der Waals surface area contributed by atoms with E-state index in [1.54, 1.807) is 0 Å². The van der Waals surface area contributed by atoms with Crippen LogP contribution in [0.25, 0.3) is 0 Å². The number of nitrogens with one attached hydrogen (secondary N) is 2. The molecule has 2 atom stereocenters. The minimum atomic E-state index is -0.0650. The van der Waals surface area contributed by atoms with Crippen molar-refractivity contribution in [3.63, 3.8) is 0 Å². The van der Waals surface area contributed by atoms with Crippen molar-refractivity contribution in [1.29, 1.82) is 0 Å². The zero-order valence-electron chi connectivity index (χ0n) is 13.2. The summed E-state index contributed by atoms with van der Waals surface area (Å²) in [4.78, 5) is 23.3. The molecule has 0 unspecified atom stereocenters. The fraction of sp³-hybridized carbons (Fsp3) is 0.529. The molecule has 2 rings (SSSR count). The van der Waals surface area contributed by atoms with Crippen LogP contribution in [0.1, 0.15) is 51.1 Å². The molecule has 1 saturated heterocycles. The van der Waals surface area contributed by atoms with Crippen LogP contribution in [0.3, 0.4) is 0 Å². The van der Waals surface area contributed by atoms with E-state index in [9.17, 15) is 9.59 Å². The van der Waals surface area contributed by atoms with Crippen molar-refractivity contribution in [1.82, 2.24) is 5.32 Å². The van der Waals surface area contributed by atoms with Gasteiger partial charge < -0.3 is 15.4 Å². The SMILES string of the molecule is CCC(=O)Nc1ccc([C@H](C)NC(=O)C[C@@H]2CCCO2)cc1. The summed E-state index contributed by atoms with van der Waals surface area (Å²) in [5.41, 5.74) is 1.78. The van der Waals surface area contributed by atoms with E-state index in [1.165, 1.54) is 0 Å². The Kier molecular flexibility index (Phi) is 5.95. The molecular weight excluding hydrogens is 280 g/mol. The van der Waals surface area contributed by atoms with Crippen LogP contribution in [0, 0.1) is 0 Å². The average molecular weight is 304 g/mol. The first kappa shape index (κ1) is 16.5. The number of hydrogen-bond acceptors (Lipinski definition) is 3. The molecule has 0 saturated carbocycles. The Labute approximate surface area is 131 Å². The molecule has 1 aromatic rings. The molecule has 5 heteroatoms. The molecular formula is C17H24N2O3. The lowest BCUT2D eigenvalue weighted by molar-refractivity contribution is -0.124. The topological polar surface area (TPSA) is 67.4 Å². The minimum absolute atomic E-state index is 0.00864. The Morgan fingerprint density at radius 1 is 1.27 bits per heavy atom. The second-order valence-corrected chi connectivity index (χ2v) is 5.65. The lowest BCUT2D eigenvalue weighted by Crippen LogP contribution is -2.29. The highest BCUT2D eigenvalue weighted by atomic mass is 16.5. The molecule has 1 aromatic carbocycles. The third-order valence-electron chi connectivity index (χ3n) is 3.83. The molecule has 1 aliphatic heterocycles. The molecule has 2 N–H and O–H groups in total. The highest BCUT2D eigenvalue weighted by molar-refractivity contribution is 5.90. The smallest absolute Gasteiger partial charge is 0.224 e.